The minimum Gasteiger partial charge on any atom is -0.347 e. The fourth-order valence-corrected chi connectivity index (χ4v) is 6.71. The molecule has 40 heavy (non-hydrogen) atoms. The third-order valence-corrected chi connectivity index (χ3v) is 9.14. The lowest BCUT2D eigenvalue weighted by molar-refractivity contribution is -0.144. The summed E-state index contributed by atoms with van der Waals surface area (Å²) in [6.45, 7) is 2.77. The minimum absolute atomic E-state index is 0.0467. The van der Waals surface area contributed by atoms with Gasteiger partial charge in [0.25, 0.3) is 5.91 Å². The summed E-state index contributed by atoms with van der Waals surface area (Å²) in [5.41, 5.74) is 0.448. The van der Waals surface area contributed by atoms with Gasteiger partial charge in [-0.25, -0.2) is 8.42 Å². The second kappa shape index (κ2) is 11.5. The Morgan fingerprint density at radius 2 is 1.85 bits per heavy atom. The van der Waals surface area contributed by atoms with Gasteiger partial charge in [-0.2, -0.15) is 4.72 Å². The molecule has 0 radical (unpaired) electrons. The monoisotopic (exact) mass is 583 g/mol. The van der Waals surface area contributed by atoms with E-state index >= 15 is 0 Å². The molecule has 5 rings (SSSR count). The SMILES string of the molecule is C[C@@H](C(=O)N1CCC[C@@H](NC(=O)c2cccnc2)C1)N1CC[C@H](NS(=O)(=O)c2ccc3cc(Cl)ccc3c2)C1=O. The molecule has 2 aliphatic rings. The maximum atomic E-state index is 13.4. The first-order valence-electron chi connectivity index (χ1n) is 13.1. The van der Waals surface area contributed by atoms with E-state index in [0.717, 1.165) is 11.8 Å². The first-order chi connectivity index (χ1) is 19.1. The summed E-state index contributed by atoms with van der Waals surface area (Å²) in [4.78, 5) is 46.2. The zero-order valence-electron chi connectivity index (χ0n) is 21.9. The number of nitrogens with one attached hydrogen (secondary N) is 2. The highest BCUT2D eigenvalue weighted by Gasteiger charge is 2.40. The van der Waals surface area contributed by atoms with Gasteiger partial charge >= 0.3 is 0 Å². The number of amides is 3. The van der Waals surface area contributed by atoms with Crippen LogP contribution in [0.1, 0.15) is 36.5 Å². The predicted molar refractivity (Wildman–Crippen MR) is 150 cm³/mol. The van der Waals surface area contributed by atoms with Crippen molar-refractivity contribution >= 4 is 50.1 Å². The maximum absolute atomic E-state index is 13.4. The van der Waals surface area contributed by atoms with Crippen LogP contribution in [-0.2, 0) is 19.6 Å². The molecule has 2 fully saturated rings. The van der Waals surface area contributed by atoms with Crippen molar-refractivity contribution in [3.63, 3.8) is 0 Å². The Kier molecular flexibility index (Phi) is 8.07. The van der Waals surface area contributed by atoms with Gasteiger partial charge in [-0.3, -0.25) is 19.4 Å². The van der Waals surface area contributed by atoms with E-state index in [1.807, 2.05) is 0 Å². The average Bonchev–Trinajstić information content (AvgIpc) is 3.31. The Morgan fingerprint density at radius 1 is 1.07 bits per heavy atom. The molecule has 0 bridgehead atoms. The lowest BCUT2D eigenvalue weighted by Crippen LogP contribution is -2.55. The number of hydrogen-bond donors (Lipinski definition) is 2. The van der Waals surface area contributed by atoms with Gasteiger partial charge in [-0.05, 0) is 73.4 Å². The Morgan fingerprint density at radius 3 is 2.62 bits per heavy atom. The van der Waals surface area contributed by atoms with E-state index in [2.05, 4.69) is 15.0 Å². The smallest absolute Gasteiger partial charge is 0.253 e. The Labute approximate surface area is 237 Å². The number of carbonyl (C=O) groups excluding carboxylic acids is 3. The molecule has 1 aromatic heterocycles. The van der Waals surface area contributed by atoms with E-state index in [4.69, 9.17) is 11.6 Å². The van der Waals surface area contributed by atoms with Gasteiger partial charge in [0.15, 0.2) is 0 Å². The lowest BCUT2D eigenvalue weighted by atomic mass is 10.0. The van der Waals surface area contributed by atoms with Gasteiger partial charge in [0.1, 0.15) is 12.1 Å². The van der Waals surface area contributed by atoms with Crippen molar-refractivity contribution in [2.45, 2.75) is 49.2 Å². The minimum atomic E-state index is -3.98. The van der Waals surface area contributed by atoms with E-state index < -0.39 is 28.0 Å². The third-order valence-electron chi connectivity index (χ3n) is 7.44. The topological polar surface area (TPSA) is 129 Å². The summed E-state index contributed by atoms with van der Waals surface area (Å²) < 4.78 is 28.7. The number of carbonyl (C=O) groups is 3. The van der Waals surface area contributed by atoms with Crippen molar-refractivity contribution in [3.05, 3.63) is 71.5 Å². The molecule has 3 heterocycles. The van der Waals surface area contributed by atoms with Crippen LogP contribution in [0, 0.1) is 0 Å². The highest BCUT2D eigenvalue weighted by atomic mass is 35.5. The Bertz CT molecular complexity index is 1550. The molecule has 0 spiro atoms. The summed E-state index contributed by atoms with van der Waals surface area (Å²) in [6.07, 6.45) is 4.78. The second-order valence-corrected chi connectivity index (χ2v) is 12.3. The molecule has 3 aromatic rings. The number of pyridine rings is 1. The van der Waals surface area contributed by atoms with E-state index in [1.165, 1.54) is 23.2 Å². The quantitative estimate of drug-likeness (QED) is 0.440. The first-order valence-corrected chi connectivity index (χ1v) is 15.0. The summed E-state index contributed by atoms with van der Waals surface area (Å²) in [6, 6.07) is 11.3. The van der Waals surface area contributed by atoms with Crippen LogP contribution in [0.25, 0.3) is 10.8 Å². The molecular formula is C28H30ClN5O5S. The molecule has 0 aliphatic carbocycles. The third kappa shape index (κ3) is 5.96. The summed E-state index contributed by atoms with van der Waals surface area (Å²) in [7, 11) is -3.98. The first kappa shape index (κ1) is 28.0. The highest BCUT2D eigenvalue weighted by Crippen LogP contribution is 2.24. The molecule has 2 aromatic carbocycles. The van der Waals surface area contributed by atoms with Gasteiger partial charge in [-0.1, -0.05) is 23.7 Å². The van der Waals surface area contributed by atoms with Crippen molar-refractivity contribution in [1.82, 2.24) is 24.8 Å². The van der Waals surface area contributed by atoms with E-state index in [1.54, 1.807) is 54.4 Å². The number of likely N-dealkylation sites (tertiary alicyclic amines) is 2. The van der Waals surface area contributed by atoms with Crippen molar-refractivity contribution in [1.29, 1.82) is 0 Å². The number of rotatable bonds is 7. The number of piperidine rings is 1. The van der Waals surface area contributed by atoms with E-state index in [0.29, 0.717) is 35.5 Å². The van der Waals surface area contributed by atoms with E-state index in [-0.39, 0.29) is 35.7 Å². The zero-order valence-corrected chi connectivity index (χ0v) is 23.5. The van der Waals surface area contributed by atoms with Gasteiger partial charge in [0, 0.05) is 43.1 Å². The van der Waals surface area contributed by atoms with Gasteiger partial charge in [0.2, 0.25) is 21.8 Å². The van der Waals surface area contributed by atoms with Gasteiger partial charge in [0.05, 0.1) is 10.5 Å². The molecule has 12 heteroatoms. The molecule has 0 unspecified atom stereocenters. The standard InChI is InChI=1S/C28H30ClN5O5S/c1-18(27(36)33-12-3-5-23(17-33)31-26(35)21-4-2-11-30-16-21)34-13-10-25(28(34)37)32-40(38,39)24-9-7-19-14-22(29)8-6-20(19)15-24/h2,4,6-9,11,14-16,18,23,25,32H,3,5,10,12-13,17H2,1H3,(H,31,35)/t18-,23+,25-/m0/s1. The number of benzene rings is 2. The molecule has 3 amide bonds. The Balaban J connectivity index is 1.20. The molecule has 0 saturated carbocycles. The molecule has 10 nitrogen and oxygen atoms in total. The molecule has 2 aliphatic heterocycles. The normalized spacial score (nSPS) is 20.5. The number of aromatic nitrogens is 1. The van der Waals surface area contributed by atoms with Crippen LogP contribution in [0.4, 0.5) is 0 Å². The largest absolute Gasteiger partial charge is 0.347 e. The average molecular weight is 584 g/mol. The van der Waals surface area contributed by atoms with Crippen LogP contribution in [0.5, 0.6) is 0 Å². The fourth-order valence-electron chi connectivity index (χ4n) is 5.27. The van der Waals surface area contributed by atoms with Gasteiger partial charge < -0.3 is 15.1 Å². The number of nitrogens with zero attached hydrogens (tertiary/aromatic N) is 3. The highest BCUT2D eigenvalue weighted by molar-refractivity contribution is 7.89. The number of sulfonamides is 1. The molecular weight excluding hydrogens is 554 g/mol. The summed E-state index contributed by atoms with van der Waals surface area (Å²) in [5.74, 6) is -0.915. The maximum Gasteiger partial charge on any atom is 0.253 e. The fraction of sp³-hybridized carbons (Fsp3) is 0.357. The van der Waals surface area contributed by atoms with Crippen molar-refractivity contribution in [2.75, 3.05) is 19.6 Å². The Hall–Kier alpha value is -3.54. The number of hydrogen-bond acceptors (Lipinski definition) is 6. The van der Waals surface area contributed by atoms with Crippen LogP contribution in [0.15, 0.2) is 65.8 Å². The number of fused-ring (bicyclic) bond motifs is 1. The molecule has 2 N–H and O–H groups in total. The van der Waals surface area contributed by atoms with Gasteiger partial charge in [-0.15, -0.1) is 0 Å². The van der Waals surface area contributed by atoms with Crippen LogP contribution >= 0.6 is 11.6 Å². The molecule has 210 valence electrons. The summed E-state index contributed by atoms with van der Waals surface area (Å²) >= 11 is 6.02. The summed E-state index contributed by atoms with van der Waals surface area (Å²) in [5, 5.41) is 5.03. The molecule has 2 saturated heterocycles. The molecule has 3 atom stereocenters. The lowest BCUT2D eigenvalue weighted by Gasteiger charge is -2.36. The number of halogens is 1. The zero-order chi connectivity index (χ0) is 28.4. The van der Waals surface area contributed by atoms with Crippen LogP contribution < -0.4 is 10.0 Å². The van der Waals surface area contributed by atoms with E-state index in [9.17, 15) is 22.8 Å². The van der Waals surface area contributed by atoms with Crippen LogP contribution in [0.3, 0.4) is 0 Å². The second-order valence-electron chi connectivity index (χ2n) is 10.2. The van der Waals surface area contributed by atoms with Crippen LogP contribution in [-0.4, -0.2) is 78.7 Å². The van der Waals surface area contributed by atoms with Crippen molar-refractivity contribution < 1.29 is 22.8 Å². The van der Waals surface area contributed by atoms with Crippen molar-refractivity contribution in [3.8, 4) is 0 Å². The predicted octanol–water partition coefficient (Wildman–Crippen LogP) is 2.58. The van der Waals surface area contributed by atoms with Crippen molar-refractivity contribution in [2.24, 2.45) is 0 Å². The van der Waals surface area contributed by atoms with Crippen LogP contribution in [0.2, 0.25) is 5.02 Å².